The average Bonchev–Trinajstić information content (AvgIpc) is 3.27. The summed E-state index contributed by atoms with van der Waals surface area (Å²) in [5, 5.41) is 4.09. The first-order chi connectivity index (χ1) is 19.3. The highest BCUT2D eigenvalue weighted by Crippen LogP contribution is 2.34. The number of hydrogen-bond acceptors (Lipinski definition) is 2. The molecule has 6 rings (SSSR count). The lowest BCUT2D eigenvalue weighted by Crippen LogP contribution is -2.30. The minimum atomic E-state index is -4.55. The second kappa shape index (κ2) is 10.3. The maximum atomic E-state index is 13.5. The lowest BCUT2D eigenvalue weighted by Gasteiger charge is -2.29. The zero-order chi connectivity index (χ0) is 27.9. The van der Waals surface area contributed by atoms with E-state index in [0.29, 0.717) is 16.8 Å². The third-order valence-corrected chi connectivity index (χ3v) is 7.64. The van der Waals surface area contributed by atoms with Gasteiger partial charge in [-0.05, 0) is 71.5 Å². The molecule has 1 amide bonds. The molecule has 1 aliphatic heterocycles. The molecule has 0 radical (unpaired) electrons. The van der Waals surface area contributed by atoms with E-state index >= 15 is 0 Å². The molecular formula is C33H28F3N3O. The van der Waals surface area contributed by atoms with E-state index in [2.05, 4.69) is 40.3 Å². The molecule has 0 saturated heterocycles. The van der Waals surface area contributed by atoms with Crippen LogP contribution in [0, 0.1) is 6.92 Å². The lowest BCUT2D eigenvalue weighted by molar-refractivity contribution is -0.137. The Bertz CT molecular complexity index is 1710. The minimum Gasteiger partial charge on any atom is -0.358 e. The molecule has 4 nitrogen and oxygen atoms in total. The summed E-state index contributed by atoms with van der Waals surface area (Å²) in [5.74, 6) is -0.572. The standard InChI is InChI=1S/C33H28F3N3O/c1-21-30(28-9-5-6-10-31(28)37-21)20-39-16-15-23-17-26(13-11-24(23)19-39)38-32(40)29-18-25(33(34,35)36)12-14-27(29)22-7-3-2-4-8-22/h2-14,17-18,37H,15-16,19-20H2,1H3,(H,38,40). The number of anilines is 1. The van der Waals surface area contributed by atoms with Crippen molar-refractivity contribution in [2.24, 2.45) is 0 Å². The van der Waals surface area contributed by atoms with E-state index in [0.717, 1.165) is 49.3 Å². The normalized spacial score (nSPS) is 13.8. The second-order valence-electron chi connectivity index (χ2n) is 10.3. The Morgan fingerprint density at radius 1 is 0.925 bits per heavy atom. The summed E-state index contributed by atoms with van der Waals surface area (Å²) in [6, 6.07) is 26.4. The van der Waals surface area contributed by atoms with Crippen LogP contribution in [-0.4, -0.2) is 22.3 Å². The average molecular weight is 540 g/mol. The van der Waals surface area contributed by atoms with Gasteiger partial charge in [0.25, 0.3) is 5.91 Å². The fourth-order valence-corrected chi connectivity index (χ4v) is 5.56. The van der Waals surface area contributed by atoms with E-state index < -0.39 is 17.6 Å². The number of carbonyl (C=O) groups excluding carboxylic acids is 1. The number of aromatic nitrogens is 1. The van der Waals surface area contributed by atoms with Crippen LogP contribution in [0.2, 0.25) is 0 Å². The van der Waals surface area contributed by atoms with Crippen LogP contribution in [0.1, 0.15) is 38.3 Å². The largest absolute Gasteiger partial charge is 0.416 e. The molecular weight excluding hydrogens is 511 g/mol. The number of para-hydroxylation sites is 1. The maximum Gasteiger partial charge on any atom is 0.416 e. The van der Waals surface area contributed by atoms with Crippen LogP contribution in [0.3, 0.4) is 0 Å². The molecule has 4 aromatic carbocycles. The van der Waals surface area contributed by atoms with Crippen molar-refractivity contribution in [2.45, 2.75) is 32.6 Å². The molecule has 0 saturated carbocycles. The Morgan fingerprint density at radius 2 is 1.70 bits per heavy atom. The number of fused-ring (bicyclic) bond motifs is 2. The number of H-pyrrole nitrogens is 1. The smallest absolute Gasteiger partial charge is 0.358 e. The third-order valence-electron chi connectivity index (χ3n) is 7.64. The van der Waals surface area contributed by atoms with Gasteiger partial charge in [0.2, 0.25) is 0 Å². The van der Waals surface area contributed by atoms with Crippen LogP contribution in [-0.2, 0) is 25.7 Å². The molecule has 0 unspecified atom stereocenters. The van der Waals surface area contributed by atoms with Gasteiger partial charge >= 0.3 is 6.18 Å². The molecule has 0 atom stereocenters. The number of benzene rings is 4. The predicted octanol–water partition coefficient (Wildman–Crippen LogP) is 7.97. The van der Waals surface area contributed by atoms with Gasteiger partial charge in [0.05, 0.1) is 5.56 Å². The monoisotopic (exact) mass is 539 g/mol. The van der Waals surface area contributed by atoms with Gasteiger partial charge in [0.1, 0.15) is 0 Å². The fraction of sp³-hybridized carbons (Fsp3) is 0.182. The Balaban J connectivity index is 1.22. The zero-order valence-electron chi connectivity index (χ0n) is 22.0. The summed E-state index contributed by atoms with van der Waals surface area (Å²) in [6.07, 6.45) is -3.73. The van der Waals surface area contributed by atoms with Crippen molar-refractivity contribution in [3.63, 3.8) is 0 Å². The van der Waals surface area contributed by atoms with Gasteiger partial charge in [-0.15, -0.1) is 0 Å². The number of aromatic amines is 1. The summed E-state index contributed by atoms with van der Waals surface area (Å²) in [7, 11) is 0. The van der Waals surface area contributed by atoms with E-state index in [1.54, 1.807) is 24.3 Å². The number of carbonyl (C=O) groups is 1. The zero-order valence-corrected chi connectivity index (χ0v) is 22.0. The summed E-state index contributed by atoms with van der Waals surface area (Å²) in [5.41, 5.74) is 6.78. The molecule has 5 aromatic rings. The van der Waals surface area contributed by atoms with Crippen molar-refractivity contribution >= 4 is 22.5 Å². The van der Waals surface area contributed by atoms with Crippen LogP contribution < -0.4 is 5.32 Å². The first-order valence-electron chi connectivity index (χ1n) is 13.2. The van der Waals surface area contributed by atoms with Crippen LogP contribution in [0.4, 0.5) is 18.9 Å². The first kappa shape index (κ1) is 25.9. The fourth-order valence-electron chi connectivity index (χ4n) is 5.56. The van der Waals surface area contributed by atoms with Gasteiger partial charge in [-0.3, -0.25) is 9.69 Å². The van der Waals surface area contributed by atoms with Crippen LogP contribution in [0.25, 0.3) is 22.0 Å². The number of hydrogen-bond donors (Lipinski definition) is 2. The molecule has 0 spiro atoms. The van der Waals surface area contributed by atoms with Crippen LogP contribution in [0.5, 0.6) is 0 Å². The molecule has 202 valence electrons. The van der Waals surface area contributed by atoms with Crippen molar-refractivity contribution in [3.8, 4) is 11.1 Å². The highest BCUT2D eigenvalue weighted by Gasteiger charge is 2.32. The van der Waals surface area contributed by atoms with Crippen molar-refractivity contribution in [3.05, 3.63) is 125 Å². The molecule has 2 N–H and O–H groups in total. The summed E-state index contributed by atoms with van der Waals surface area (Å²) < 4.78 is 40.5. The Hall–Kier alpha value is -4.36. The highest BCUT2D eigenvalue weighted by atomic mass is 19.4. The number of nitrogens with one attached hydrogen (secondary N) is 2. The maximum absolute atomic E-state index is 13.5. The Kier molecular flexibility index (Phi) is 6.68. The summed E-state index contributed by atoms with van der Waals surface area (Å²) in [4.78, 5) is 19.2. The second-order valence-corrected chi connectivity index (χ2v) is 10.3. The third kappa shape index (κ3) is 5.12. The van der Waals surface area contributed by atoms with Crippen LogP contribution >= 0.6 is 0 Å². The number of aryl methyl sites for hydroxylation is 1. The summed E-state index contributed by atoms with van der Waals surface area (Å²) in [6.45, 7) is 4.60. The van der Waals surface area contributed by atoms with Crippen molar-refractivity contribution < 1.29 is 18.0 Å². The number of alkyl halides is 3. The van der Waals surface area contributed by atoms with Gasteiger partial charge in [-0.2, -0.15) is 13.2 Å². The molecule has 1 aromatic heterocycles. The topological polar surface area (TPSA) is 48.1 Å². The first-order valence-corrected chi connectivity index (χ1v) is 13.2. The Morgan fingerprint density at radius 3 is 2.50 bits per heavy atom. The van der Waals surface area contributed by atoms with E-state index in [9.17, 15) is 18.0 Å². The van der Waals surface area contributed by atoms with Gasteiger partial charge in [0.15, 0.2) is 0 Å². The lowest BCUT2D eigenvalue weighted by atomic mass is 9.96. The number of amides is 1. The molecule has 0 bridgehead atoms. The van der Waals surface area contributed by atoms with Crippen molar-refractivity contribution in [2.75, 3.05) is 11.9 Å². The quantitative estimate of drug-likeness (QED) is 0.238. The van der Waals surface area contributed by atoms with Gasteiger partial charge < -0.3 is 10.3 Å². The molecule has 0 aliphatic carbocycles. The van der Waals surface area contributed by atoms with E-state index in [4.69, 9.17) is 0 Å². The molecule has 7 heteroatoms. The van der Waals surface area contributed by atoms with Gasteiger partial charge in [-0.1, -0.05) is 60.7 Å². The number of nitrogens with zero attached hydrogens (tertiary/aromatic N) is 1. The van der Waals surface area contributed by atoms with Gasteiger partial charge in [0, 0.05) is 47.5 Å². The SMILES string of the molecule is Cc1[nH]c2ccccc2c1CN1CCc2cc(NC(=O)c3cc(C(F)(F)F)ccc3-c3ccccc3)ccc2C1. The predicted molar refractivity (Wildman–Crippen MR) is 152 cm³/mol. The minimum absolute atomic E-state index is 0.0148. The van der Waals surface area contributed by atoms with E-state index in [-0.39, 0.29) is 5.56 Å². The molecule has 2 heterocycles. The van der Waals surface area contributed by atoms with E-state index in [1.165, 1.54) is 28.3 Å². The van der Waals surface area contributed by atoms with Crippen molar-refractivity contribution in [1.82, 2.24) is 9.88 Å². The molecule has 0 fully saturated rings. The van der Waals surface area contributed by atoms with E-state index in [1.807, 2.05) is 30.3 Å². The summed E-state index contributed by atoms with van der Waals surface area (Å²) >= 11 is 0. The van der Waals surface area contributed by atoms with Crippen LogP contribution in [0.15, 0.2) is 91.0 Å². The highest BCUT2D eigenvalue weighted by molar-refractivity contribution is 6.09. The molecule has 1 aliphatic rings. The van der Waals surface area contributed by atoms with Gasteiger partial charge in [-0.25, -0.2) is 0 Å². The number of halogens is 3. The molecule has 40 heavy (non-hydrogen) atoms. The Labute approximate surface area is 230 Å². The number of rotatable bonds is 5. The van der Waals surface area contributed by atoms with Crippen molar-refractivity contribution in [1.29, 1.82) is 0 Å².